The SMILES string of the molecule is O=C(O)C1COCC1NC1CCCCC1. The van der Waals surface area contributed by atoms with Crippen LogP contribution in [0.1, 0.15) is 32.1 Å². The molecule has 1 heterocycles. The van der Waals surface area contributed by atoms with E-state index in [9.17, 15) is 4.79 Å². The third-order valence-electron chi connectivity index (χ3n) is 3.45. The van der Waals surface area contributed by atoms with E-state index in [1.165, 1.54) is 32.1 Å². The third-order valence-corrected chi connectivity index (χ3v) is 3.45. The van der Waals surface area contributed by atoms with Gasteiger partial charge in [0.2, 0.25) is 0 Å². The number of carboxylic acids is 1. The maximum Gasteiger partial charge on any atom is 0.310 e. The summed E-state index contributed by atoms with van der Waals surface area (Å²) in [6.45, 7) is 0.910. The highest BCUT2D eigenvalue weighted by Crippen LogP contribution is 2.21. The largest absolute Gasteiger partial charge is 0.481 e. The van der Waals surface area contributed by atoms with Gasteiger partial charge in [-0.3, -0.25) is 4.79 Å². The van der Waals surface area contributed by atoms with E-state index in [1.807, 2.05) is 0 Å². The number of carboxylic acid groups (broad SMARTS) is 1. The van der Waals surface area contributed by atoms with Gasteiger partial charge in [0.05, 0.1) is 19.1 Å². The van der Waals surface area contributed by atoms with E-state index < -0.39 is 5.97 Å². The van der Waals surface area contributed by atoms with Gasteiger partial charge in [-0.15, -0.1) is 0 Å². The third kappa shape index (κ3) is 2.69. The van der Waals surface area contributed by atoms with Crippen molar-refractivity contribution in [3.63, 3.8) is 0 Å². The molecule has 4 heteroatoms. The molecule has 0 aromatic rings. The number of hydrogen-bond acceptors (Lipinski definition) is 3. The number of aliphatic carboxylic acids is 1. The fraction of sp³-hybridized carbons (Fsp3) is 0.909. The first-order chi connectivity index (χ1) is 7.27. The summed E-state index contributed by atoms with van der Waals surface area (Å²) in [6, 6.07) is 0.526. The Kier molecular flexibility index (Phi) is 3.59. The van der Waals surface area contributed by atoms with Crippen LogP contribution in [0.5, 0.6) is 0 Å². The molecule has 2 aliphatic rings. The predicted molar refractivity (Wildman–Crippen MR) is 55.7 cm³/mol. The van der Waals surface area contributed by atoms with Crippen LogP contribution in [-0.4, -0.2) is 36.4 Å². The van der Waals surface area contributed by atoms with Crippen molar-refractivity contribution in [3.05, 3.63) is 0 Å². The van der Waals surface area contributed by atoms with E-state index in [4.69, 9.17) is 9.84 Å². The molecule has 2 atom stereocenters. The number of rotatable bonds is 3. The normalized spacial score (nSPS) is 33.1. The lowest BCUT2D eigenvalue weighted by Crippen LogP contribution is -2.45. The number of carbonyl (C=O) groups is 1. The monoisotopic (exact) mass is 213 g/mol. The quantitative estimate of drug-likeness (QED) is 0.734. The van der Waals surface area contributed by atoms with Crippen molar-refractivity contribution in [1.29, 1.82) is 0 Å². The van der Waals surface area contributed by atoms with Crippen LogP contribution in [0.3, 0.4) is 0 Å². The van der Waals surface area contributed by atoms with Crippen LogP contribution < -0.4 is 5.32 Å². The van der Waals surface area contributed by atoms with Crippen molar-refractivity contribution in [2.45, 2.75) is 44.2 Å². The molecule has 2 fully saturated rings. The van der Waals surface area contributed by atoms with Gasteiger partial charge in [-0.1, -0.05) is 19.3 Å². The molecule has 0 amide bonds. The van der Waals surface area contributed by atoms with Crippen molar-refractivity contribution in [1.82, 2.24) is 5.32 Å². The molecular formula is C11H19NO3. The first kappa shape index (κ1) is 10.9. The zero-order chi connectivity index (χ0) is 10.7. The Labute approximate surface area is 90.0 Å². The second kappa shape index (κ2) is 4.94. The average molecular weight is 213 g/mol. The minimum absolute atomic E-state index is 0.0191. The van der Waals surface area contributed by atoms with Crippen LogP contribution in [0, 0.1) is 5.92 Å². The Morgan fingerprint density at radius 2 is 1.93 bits per heavy atom. The molecule has 0 bridgehead atoms. The summed E-state index contributed by atoms with van der Waals surface area (Å²) in [5.41, 5.74) is 0. The molecule has 0 aromatic carbocycles. The molecule has 1 aliphatic heterocycles. The maximum absolute atomic E-state index is 10.9. The van der Waals surface area contributed by atoms with Gasteiger partial charge in [-0.05, 0) is 12.8 Å². The number of hydrogen-bond donors (Lipinski definition) is 2. The Morgan fingerprint density at radius 1 is 1.20 bits per heavy atom. The first-order valence-corrected chi connectivity index (χ1v) is 5.84. The summed E-state index contributed by atoms with van der Waals surface area (Å²) in [7, 11) is 0. The number of ether oxygens (including phenoxy) is 1. The molecule has 2 N–H and O–H groups in total. The van der Waals surface area contributed by atoms with Gasteiger partial charge in [0, 0.05) is 12.1 Å². The molecule has 0 spiro atoms. The van der Waals surface area contributed by atoms with Crippen LogP contribution in [-0.2, 0) is 9.53 Å². The van der Waals surface area contributed by atoms with E-state index in [0.717, 1.165) is 0 Å². The first-order valence-electron chi connectivity index (χ1n) is 5.84. The fourth-order valence-electron chi connectivity index (χ4n) is 2.53. The topological polar surface area (TPSA) is 58.6 Å². The van der Waals surface area contributed by atoms with Gasteiger partial charge in [-0.25, -0.2) is 0 Å². The zero-order valence-electron chi connectivity index (χ0n) is 8.95. The fourth-order valence-corrected chi connectivity index (χ4v) is 2.53. The van der Waals surface area contributed by atoms with Gasteiger partial charge in [-0.2, -0.15) is 0 Å². The van der Waals surface area contributed by atoms with Crippen LogP contribution in [0.4, 0.5) is 0 Å². The molecular weight excluding hydrogens is 194 g/mol. The van der Waals surface area contributed by atoms with E-state index in [2.05, 4.69) is 5.32 Å². The molecule has 15 heavy (non-hydrogen) atoms. The summed E-state index contributed by atoms with van der Waals surface area (Å²) >= 11 is 0. The van der Waals surface area contributed by atoms with Crippen molar-refractivity contribution in [2.75, 3.05) is 13.2 Å². The van der Waals surface area contributed by atoms with Crippen molar-refractivity contribution in [2.24, 2.45) is 5.92 Å². The van der Waals surface area contributed by atoms with Gasteiger partial charge in [0.15, 0.2) is 0 Å². The van der Waals surface area contributed by atoms with Gasteiger partial charge in [0.1, 0.15) is 0 Å². The lowest BCUT2D eigenvalue weighted by molar-refractivity contribution is -0.142. The Hall–Kier alpha value is -0.610. The maximum atomic E-state index is 10.9. The van der Waals surface area contributed by atoms with Crippen molar-refractivity contribution < 1.29 is 14.6 Å². The van der Waals surface area contributed by atoms with Gasteiger partial charge >= 0.3 is 5.97 Å². The summed E-state index contributed by atoms with van der Waals surface area (Å²) in [6.07, 6.45) is 6.22. The number of nitrogens with one attached hydrogen (secondary N) is 1. The Balaban J connectivity index is 1.84. The predicted octanol–water partition coefficient (Wildman–Crippen LogP) is 1.01. The second-order valence-electron chi connectivity index (χ2n) is 4.59. The van der Waals surface area contributed by atoms with Crippen LogP contribution >= 0.6 is 0 Å². The highest BCUT2D eigenvalue weighted by Gasteiger charge is 2.35. The molecule has 0 aromatic heterocycles. The average Bonchev–Trinajstić information content (AvgIpc) is 2.67. The van der Waals surface area contributed by atoms with Crippen molar-refractivity contribution in [3.8, 4) is 0 Å². The zero-order valence-corrected chi connectivity index (χ0v) is 8.95. The van der Waals surface area contributed by atoms with Crippen molar-refractivity contribution >= 4 is 5.97 Å². The summed E-state index contributed by atoms with van der Waals surface area (Å²) in [4.78, 5) is 10.9. The van der Waals surface area contributed by atoms with E-state index in [1.54, 1.807) is 0 Å². The Morgan fingerprint density at radius 3 is 2.60 bits per heavy atom. The van der Waals surface area contributed by atoms with Crippen LogP contribution in [0.25, 0.3) is 0 Å². The minimum atomic E-state index is -0.735. The summed E-state index contributed by atoms with van der Waals surface area (Å²) in [5, 5.41) is 12.4. The molecule has 4 nitrogen and oxygen atoms in total. The highest BCUT2D eigenvalue weighted by molar-refractivity contribution is 5.71. The second-order valence-corrected chi connectivity index (χ2v) is 4.59. The standard InChI is InChI=1S/C11H19NO3/c13-11(14)9-6-15-7-10(9)12-8-4-2-1-3-5-8/h8-10,12H,1-7H2,(H,13,14). The molecule has 1 saturated carbocycles. The lowest BCUT2D eigenvalue weighted by atomic mass is 9.93. The van der Waals surface area contributed by atoms with Crippen LogP contribution in [0.15, 0.2) is 0 Å². The molecule has 0 radical (unpaired) electrons. The molecule has 2 rings (SSSR count). The summed E-state index contributed by atoms with van der Waals surface area (Å²) in [5.74, 6) is -1.09. The highest BCUT2D eigenvalue weighted by atomic mass is 16.5. The molecule has 86 valence electrons. The van der Waals surface area contributed by atoms with Gasteiger partial charge < -0.3 is 15.2 Å². The van der Waals surface area contributed by atoms with E-state index >= 15 is 0 Å². The minimum Gasteiger partial charge on any atom is -0.481 e. The smallest absolute Gasteiger partial charge is 0.310 e. The van der Waals surface area contributed by atoms with Gasteiger partial charge in [0.25, 0.3) is 0 Å². The van der Waals surface area contributed by atoms with Crippen LogP contribution in [0.2, 0.25) is 0 Å². The molecule has 1 aliphatic carbocycles. The molecule has 1 saturated heterocycles. The summed E-state index contributed by atoms with van der Waals surface area (Å²) < 4.78 is 5.23. The lowest BCUT2D eigenvalue weighted by Gasteiger charge is -2.27. The van der Waals surface area contributed by atoms with E-state index in [0.29, 0.717) is 19.3 Å². The molecule has 2 unspecified atom stereocenters. The van der Waals surface area contributed by atoms with E-state index in [-0.39, 0.29) is 12.0 Å². The Bertz CT molecular complexity index is 226.